The number of ether oxygens (including phenoxy) is 1. The fourth-order valence-corrected chi connectivity index (χ4v) is 3.50. The van der Waals surface area contributed by atoms with Gasteiger partial charge >= 0.3 is 0 Å². The fraction of sp³-hybridized carbons (Fsp3) is 0.208. The summed E-state index contributed by atoms with van der Waals surface area (Å²) in [6, 6.07) is 15.8. The zero-order chi connectivity index (χ0) is 21.3. The summed E-state index contributed by atoms with van der Waals surface area (Å²) in [4.78, 5) is 8.82. The van der Waals surface area contributed by atoms with E-state index in [1.165, 1.54) is 0 Å². The lowest BCUT2D eigenvalue weighted by Gasteiger charge is -2.09. The van der Waals surface area contributed by atoms with E-state index in [-0.39, 0.29) is 0 Å². The summed E-state index contributed by atoms with van der Waals surface area (Å²) in [5.74, 6) is 1.99. The van der Waals surface area contributed by atoms with Gasteiger partial charge in [-0.05, 0) is 75.2 Å². The quantitative estimate of drug-likeness (QED) is 0.485. The Kier molecular flexibility index (Phi) is 5.23. The predicted octanol–water partition coefficient (Wildman–Crippen LogP) is 5.06. The van der Waals surface area contributed by atoms with Crippen LogP contribution in [-0.2, 0) is 0 Å². The van der Waals surface area contributed by atoms with Gasteiger partial charge in [-0.1, -0.05) is 6.07 Å². The number of nitrogens with zero attached hydrogens (tertiary/aromatic N) is 3. The molecule has 0 aliphatic heterocycles. The Balaban J connectivity index is 1.89. The van der Waals surface area contributed by atoms with Gasteiger partial charge in [-0.2, -0.15) is 5.10 Å². The van der Waals surface area contributed by atoms with Crippen molar-refractivity contribution in [2.24, 2.45) is 5.10 Å². The highest BCUT2D eigenvalue weighted by Gasteiger charge is 2.10. The van der Waals surface area contributed by atoms with Crippen LogP contribution in [0.4, 0.5) is 5.95 Å². The van der Waals surface area contributed by atoms with Crippen molar-refractivity contribution in [2.45, 2.75) is 27.7 Å². The minimum absolute atomic E-state index is 0.469. The summed E-state index contributed by atoms with van der Waals surface area (Å²) in [6.45, 7) is 7.98. The lowest BCUT2D eigenvalue weighted by molar-refractivity contribution is 0.415. The van der Waals surface area contributed by atoms with Gasteiger partial charge in [0.1, 0.15) is 17.1 Å². The number of rotatable bonds is 4. The van der Waals surface area contributed by atoms with E-state index in [4.69, 9.17) is 9.15 Å². The number of fused-ring (bicyclic) bond motifs is 1. The first-order valence-corrected chi connectivity index (χ1v) is 9.74. The molecule has 0 saturated heterocycles. The van der Waals surface area contributed by atoms with Gasteiger partial charge in [-0.25, -0.2) is 15.4 Å². The van der Waals surface area contributed by atoms with Crippen molar-refractivity contribution in [3.05, 3.63) is 76.4 Å². The van der Waals surface area contributed by atoms with E-state index in [1.54, 1.807) is 7.11 Å². The molecule has 4 rings (SSSR count). The van der Waals surface area contributed by atoms with Crippen molar-refractivity contribution in [2.75, 3.05) is 12.5 Å². The second-order valence-electron chi connectivity index (χ2n) is 7.38. The number of anilines is 1. The molecule has 0 aliphatic rings. The predicted molar refractivity (Wildman–Crippen MR) is 118 cm³/mol. The Morgan fingerprint density at radius 1 is 0.900 bits per heavy atom. The van der Waals surface area contributed by atoms with Gasteiger partial charge in [-0.15, -0.1) is 0 Å². The van der Waals surface area contributed by atoms with Gasteiger partial charge in [0.25, 0.3) is 0 Å². The van der Waals surface area contributed by atoms with Crippen molar-refractivity contribution in [3.8, 4) is 17.1 Å². The zero-order valence-corrected chi connectivity index (χ0v) is 17.8. The molecule has 1 N–H and O–H groups in total. The van der Waals surface area contributed by atoms with E-state index >= 15 is 0 Å². The molecule has 0 unspecified atom stereocenters. The van der Waals surface area contributed by atoms with Crippen LogP contribution in [0.25, 0.3) is 22.3 Å². The van der Waals surface area contributed by atoms with Gasteiger partial charge < -0.3 is 9.15 Å². The first-order chi connectivity index (χ1) is 14.4. The molecule has 0 amide bonds. The summed E-state index contributed by atoms with van der Waals surface area (Å²) >= 11 is 0. The zero-order valence-electron chi connectivity index (χ0n) is 17.8. The Morgan fingerprint density at radius 2 is 1.60 bits per heavy atom. The monoisotopic (exact) mass is 400 g/mol. The third-order valence-corrected chi connectivity index (χ3v) is 4.81. The van der Waals surface area contributed by atoms with E-state index in [2.05, 4.69) is 39.6 Å². The van der Waals surface area contributed by atoms with Crippen LogP contribution in [0.2, 0.25) is 0 Å². The summed E-state index contributed by atoms with van der Waals surface area (Å²) in [5.41, 5.74) is 8.73. The van der Waals surface area contributed by atoms with Gasteiger partial charge in [0.15, 0.2) is 0 Å². The molecule has 6 nitrogen and oxygen atoms in total. The summed E-state index contributed by atoms with van der Waals surface area (Å²) in [7, 11) is 1.65. The number of hydrogen-bond donors (Lipinski definition) is 1. The SMILES string of the molecule is COc1ccc(-c2c/c(=N/Nc3nc(C)cc(C)n3)c3cc(C)cc(C)c3o2)cc1. The highest BCUT2D eigenvalue weighted by atomic mass is 16.5. The second kappa shape index (κ2) is 7.99. The Hall–Kier alpha value is -3.67. The Labute approximate surface area is 175 Å². The van der Waals surface area contributed by atoms with Gasteiger partial charge in [0.2, 0.25) is 5.95 Å². The van der Waals surface area contributed by atoms with Crippen molar-refractivity contribution in [1.82, 2.24) is 9.97 Å². The molecular weight excluding hydrogens is 376 g/mol. The van der Waals surface area contributed by atoms with Crippen molar-refractivity contribution in [3.63, 3.8) is 0 Å². The van der Waals surface area contributed by atoms with E-state index in [0.717, 1.165) is 55.9 Å². The van der Waals surface area contributed by atoms with Crippen LogP contribution in [0.5, 0.6) is 5.75 Å². The first-order valence-electron chi connectivity index (χ1n) is 9.74. The standard InChI is InChI=1S/C24H24N4O2/c1-14-10-15(2)23-20(11-14)21(27-28-24-25-16(3)12-17(4)26-24)13-22(30-23)18-6-8-19(29-5)9-7-18/h6-13H,1-5H3,(H,25,26,28)/b27-21-. The molecule has 4 aromatic rings. The maximum atomic E-state index is 6.28. The van der Waals surface area contributed by atoms with Crippen LogP contribution in [0.15, 0.2) is 58.0 Å². The highest BCUT2D eigenvalue weighted by Crippen LogP contribution is 2.26. The molecule has 2 heterocycles. The Bertz CT molecular complexity index is 1270. The number of benzene rings is 2. The lowest BCUT2D eigenvalue weighted by atomic mass is 10.1. The molecule has 0 fully saturated rings. The number of aryl methyl sites for hydroxylation is 4. The van der Waals surface area contributed by atoms with Crippen LogP contribution in [0.3, 0.4) is 0 Å². The fourth-order valence-electron chi connectivity index (χ4n) is 3.50. The van der Waals surface area contributed by atoms with Crippen LogP contribution in [0, 0.1) is 27.7 Å². The minimum Gasteiger partial charge on any atom is -0.497 e. The summed E-state index contributed by atoms with van der Waals surface area (Å²) in [5, 5.41) is 6.32. The molecule has 0 atom stereocenters. The summed E-state index contributed by atoms with van der Waals surface area (Å²) in [6.07, 6.45) is 0. The molecule has 0 spiro atoms. The van der Waals surface area contributed by atoms with E-state index in [9.17, 15) is 0 Å². The molecule has 2 aromatic heterocycles. The Morgan fingerprint density at radius 3 is 2.27 bits per heavy atom. The van der Waals surface area contributed by atoms with Gasteiger partial charge in [0, 0.05) is 28.4 Å². The maximum Gasteiger partial charge on any atom is 0.243 e. The lowest BCUT2D eigenvalue weighted by Crippen LogP contribution is -2.10. The topological polar surface area (TPSA) is 72.5 Å². The smallest absolute Gasteiger partial charge is 0.243 e. The molecule has 0 saturated carbocycles. The molecule has 2 aromatic carbocycles. The van der Waals surface area contributed by atoms with Crippen LogP contribution < -0.4 is 15.5 Å². The van der Waals surface area contributed by atoms with E-state index in [0.29, 0.717) is 5.95 Å². The molecule has 30 heavy (non-hydrogen) atoms. The first kappa shape index (κ1) is 19.6. The highest BCUT2D eigenvalue weighted by molar-refractivity contribution is 5.82. The van der Waals surface area contributed by atoms with Crippen molar-refractivity contribution < 1.29 is 9.15 Å². The molecule has 152 valence electrons. The second-order valence-corrected chi connectivity index (χ2v) is 7.38. The molecule has 0 bridgehead atoms. The molecule has 0 radical (unpaired) electrons. The van der Waals surface area contributed by atoms with E-state index in [1.807, 2.05) is 57.2 Å². The average Bonchev–Trinajstić information content (AvgIpc) is 2.71. The van der Waals surface area contributed by atoms with Gasteiger partial charge in [0.05, 0.1) is 12.5 Å². The minimum atomic E-state index is 0.469. The number of aromatic nitrogens is 2. The molecule has 6 heteroatoms. The molecule has 0 aliphatic carbocycles. The maximum absolute atomic E-state index is 6.28. The van der Waals surface area contributed by atoms with Gasteiger partial charge in [-0.3, -0.25) is 0 Å². The van der Waals surface area contributed by atoms with Crippen LogP contribution in [-0.4, -0.2) is 17.1 Å². The number of nitrogens with one attached hydrogen (secondary N) is 1. The van der Waals surface area contributed by atoms with Crippen molar-refractivity contribution >= 4 is 16.9 Å². The average molecular weight is 400 g/mol. The van der Waals surface area contributed by atoms with Crippen LogP contribution >= 0.6 is 0 Å². The largest absolute Gasteiger partial charge is 0.497 e. The third kappa shape index (κ3) is 4.03. The summed E-state index contributed by atoms with van der Waals surface area (Å²) < 4.78 is 11.5. The number of methoxy groups -OCH3 is 1. The number of hydrogen-bond acceptors (Lipinski definition) is 6. The van der Waals surface area contributed by atoms with Crippen LogP contribution in [0.1, 0.15) is 22.5 Å². The van der Waals surface area contributed by atoms with E-state index < -0.39 is 0 Å². The molecular formula is C24H24N4O2. The van der Waals surface area contributed by atoms with Crippen molar-refractivity contribution in [1.29, 1.82) is 0 Å². The normalized spacial score (nSPS) is 11.7. The third-order valence-electron chi connectivity index (χ3n) is 4.81.